The predicted molar refractivity (Wildman–Crippen MR) is 256 cm³/mol. The van der Waals surface area contributed by atoms with Crippen LogP contribution in [0.15, 0.2) is 211 Å². The van der Waals surface area contributed by atoms with E-state index >= 15 is 0 Å². The lowest BCUT2D eigenvalue weighted by Gasteiger charge is -2.12. The highest BCUT2D eigenvalue weighted by Crippen LogP contribution is 2.41. The number of benzene rings is 10. The van der Waals surface area contributed by atoms with Gasteiger partial charge >= 0.3 is 0 Å². The first-order valence-corrected chi connectivity index (χ1v) is 20.9. The van der Waals surface area contributed by atoms with Crippen molar-refractivity contribution < 1.29 is 4.42 Å². The van der Waals surface area contributed by atoms with Crippen molar-refractivity contribution in [3.63, 3.8) is 0 Å². The normalized spacial score (nSPS) is 11.9. The Balaban J connectivity index is 1.01. The molecule has 0 spiro atoms. The molecule has 3 aromatic heterocycles. The monoisotopic (exact) mass is 790 g/mol. The molecule has 0 aliphatic carbocycles. The first-order valence-electron chi connectivity index (χ1n) is 20.9. The number of fused-ring (bicyclic) bond motifs is 12. The molecular formula is C57H34N4O. The van der Waals surface area contributed by atoms with E-state index in [9.17, 15) is 0 Å². The maximum Gasteiger partial charge on any atom is 0.164 e. The SMILES string of the molecule is c1ccc(-c2nc(-c3ccc4c5ccccc5n(-c5ccccc5)c4c3)nc(-c3cccc4oc5ccc(-c6ccc7c8ccccc8c8ccccc8c7c6)cc5c34)n2)cc1. The van der Waals surface area contributed by atoms with Crippen molar-refractivity contribution in [1.29, 1.82) is 0 Å². The molecule has 0 unspecified atom stereocenters. The van der Waals surface area contributed by atoms with Gasteiger partial charge in [-0.05, 0) is 92.0 Å². The molecule has 62 heavy (non-hydrogen) atoms. The molecule has 0 N–H and O–H groups in total. The second-order valence-electron chi connectivity index (χ2n) is 15.9. The second-order valence-corrected chi connectivity index (χ2v) is 15.9. The number of hydrogen-bond acceptors (Lipinski definition) is 4. The zero-order valence-electron chi connectivity index (χ0n) is 33.3. The van der Waals surface area contributed by atoms with Crippen LogP contribution in [0, 0.1) is 0 Å². The number of rotatable bonds is 5. The Morgan fingerprint density at radius 3 is 1.58 bits per heavy atom. The second kappa shape index (κ2) is 13.6. The zero-order chi connectivity index (χ0) is 40.7. The summed E-state index contributed by atoms with van der Waals surface area (Å²) in [6.45, 7) is 0. The van der Waals surface area contributed by atoms with E-state index in [2.05, 4.69) is 180 Å². The molecule has 0 saturated carbocycles. The topological polar surface area (TPSA) is 56.7 Å². The van der Waals surface area contributed by atoms with Crippen LogP contribution < -0.4 is 0 Å². The Hall–Kier alpha value is -8.41. The minimum Gasteiger partial charge on any atom is -0.456 e. The number of furan rings is 1. The molecular weight excluding hydrogens is 757 g/mol. The Morgan fingerprint density at radius 2 is 0.839 bits per heavy atom. The van der Waals surface area contributed by atoms with E-state index in [0.717, 1.165) is 66.5 Å². The van der Waals surface area contributed by atoms with Gasteiger partial charge in [0.25, 0.3) is 0 Å². The third-order valence-electron chi connectivity index (χ3n) is 12.4. The van der Waals surface area contributed by atoms with E-state index in [4.69, 9.17) is 19.4 Å². The van der Waals surface area contributed by atoms with Crippen LogP contribution >= 0.6 is 0 Å². The molecule has 288 valence electrons. The van der Waals surface area contributed by atoms with Gasteiger partial charge in [-0.3, -0.25) is 0 Å². The average Bonchev–Trinajstić information content (AvgIpc) is 3.89. The summed E-state index contributed by atoms with van der Waals surface area (Å²) in [4.78, 5) is 15.6. The van der Waals surface area contributed by atoms with Gasteiger partial charge < -0.3 is 8.98 Å². The van der Waals surface area contributed by atoms with Gasteiger partial charge in [0, 0.05) is 43.9 Å². The number of hydrogen-bond donors (Lipinski definition) is 0. The maximum absolute atomic E-state index is 6.57. The fourth-order valence-electron chi connectivity index (χ4n) is 9.59. The molecule has 0 fully saturated rings. The zero-order valence-corrected chi connectivity index (χ0v) is 33.3. The van der Waals surface area contributed by atoms with E-state index in [0.29, 0.717) is 17.5 Å². The molecule has 5 nitrogen and oxygen atoms in total. The van der Waals surface area contributed by atoms with Crippen molar-refractivity contribution in [2.75, 3.05) is 0 Å². The van der Waals surface area contributed by atoms with Crippen LogP contribution in [0.25, 0.3) is 127 Å². The summed E-state index contributed by atoms with van der Waals surface area (Å²) in [5.41, 5.74) is 9.88. The Labute approximate surface area is 355 Å². The largest absolute Gasteiger partial charge is 0.456 e. The lowest BCUT2D eigenvalue weighted by atomic mass is 9.92. The van der Waals surface area contributed by atoms with Crippen LogP contribution in [0.5, 0.6) is 0 Å². The minimum atomic E-state index is 0.584. The molecule has 10 aromatic carbocycles. The van der Waals surface area contributed by atoms with Crippen molar-refractivity contribution >= 4 is 76.1 Å². The van der Waals surface area contributed by atoms with Gasteiger partial charge in [0.1, 0.15) is 11.2 Å². The van der Waals surface area contributed by atoms with Crippen LogP contribution in [0.2, 0.25) is 0 Å². The predicted octanol–water partition coefficient (Wildman–Crippen LogP) is 15.0. The lowest BCUT2D eigenvalue weighted by Crippen LogP contribution is -2.00. The molecule has 5 heteroatoms. The van der Waals surface area contributed by atoms with Gasteiger partial charge in [-0.25, -0.2) is 15.0 Å². The van der Waals surface area contributed by atoms with Gasteiger partial charge in [-0.15, -0.1) is 0 Å². The maximum atomic E-state index is 6.57. The van der Waals surface area contributed by atoms with Crippen molar-refractivity contribution in [2.45, 2.75) is 0 Å². The molecule has 0 bridgehead atoms. The molecule has 13 aromatic rings. The summed E-state index contributed by atoms with van der Waals surface area (Å²) in [6.07, 6.45) is 0. The van der Waals surface area contributed by atoms with Crippen molar-refractivity contribution in [3.8, 4) is 51.0 Å². The van der Waals surface area contributed by atoms with Crippen molar-refractivity contribution in [1.82, 2.24) is 19.5 Å². The lowest BCUT2D eigenvalue weighted by molar-refractivity contribution is 0.669. The molecule has 0 saturated heterocycles. The fraction of sp³-hybridized carbons (Fsp3) is 0. The number of para-hydroxylation sites is 2. The summed E-state index contributed by atoms with van der Waals surface area (Å²) in [5.74, 6) is 1.79. The highest BCUT2D eigenvalue weighted by atomic mass is 16.3. The first kappa shape index (κ1) is 34.5. The fourth-order valence-corrected chi connectivity index (χ4v) is 9.59. The van der Waals surface area contributed by atoms with Crippen LogP contribution in [0.1, 0.15) is 0 Å². The highest BCUT2D eigenvalue weighted by Gasteiger charge is 2.20. The first-order chi connectivity index (χ1) is 30.7. The van der Waals surface area contributed by atoms with Crippen LogP contribution in [0.4, 0.5) is 0 Å². The minimum absolute atomic E-state index is 0.584. The van der Waals surface area contributed by atoms with Gasteiger partial charge in [0.2, 0.25) is 0 Å². The number of nitrogens with zero attached hydrogens (tertiary/aromatic N) is 4. The Bertz CT molecular complexity index is 3890. The molecule has 13 rings (SSSR count). The van der Waals surface area contributed by atoms with E-state index in [1.54, 1.807) is 0 Å². The average molecular weight is 791 g/mol. The number of aromatic nitrogens is 4. The van der Waals surface area contributed by atoms with Crippen molar-refractivity contribution in [3.05, 3.63) is 206 Å². The molecule has 0 aliphatic heterocycles. The summed E-state index contributed by atoms with van der Waals surface area (Å²) in [5, 5.41) is 11.9. The van der Waals surface area contributed by atoms with E-state index < -0.39 is 0 Å². The molecule has 0 aliphatic rings. The van der Waals surface area contributed by atoms with Gasteiger partial charge in [0.05, 0.1) is 11.0 Å². The van der Waals surface area contributed by atoms with Gasteiger partial charge in [-0.2, -0.15) is 0 Å². The Kier molecular flexibility index (Phi) is 7.54. The smallest absolute Gasteiger partial charge is 0.164 e. The molecule has 3 heterocycles. The molecule has 0 radical (unpaired) electrons. The quantitative estimate of drug-likeness (QED) is 0.163. The van der Waals surface area contributed by atoms with Crippen molar-refractivity contribution in [2.24, 2.45) is 0 Å². The van der Waals surface area contributed by atoms with Crippen LogP contribution in [-0.4, -0.2) is 19.5 Å². The molecule has 0 amide bonds. The van der Waals surface area contributed by atoms with Crippen LogP contribution in [0.3, 0.4) is 0 Å². The molecule has 0 atom stereocenters. The summed E-state index contributed by atoms with van der Waals surface area (Å²) >= 11 is 0. The summed E-state index contributed by atoms with van der Waals surface area (Å²) in [6, 6.07) is 72.7. The summed E-state index contributed by atoms with van der Waals surface area (Å²) in [7, 11) is 0. The Morgan fingerprint density at radius 1 is 0.306 bits per heavy atom. The third-order valence-corrected chi connectivity index (χ3v) is 12.4. The van der Waals surface area contributed by atoms with Crippen LogP contribution in [-0.2, 0) is 0 Å². The van der Waals surface area contributed by atoms with Gasteiger partial charge in [0.15, 0.2) is 17.5 Å². The van der Waals surface area contributed by atoms with E-state index in [1.807, 2.05) is 30.3 Å². The highest BCUT2D eigenvalue weighted by molar-refractivity contribution is 6.26. The van der Waals surface area contributed by atoms with E-state index in [1.165, 1.54) is 43.1 Å². The third kappa shape index (κ3) is 5.32. The van der Waals surface area contributed by atoms with Gasteiger partial charge in [-0.1, -0.05) is 158 Å². The summed E-state index contributed by atoms with van der Waals surface area (Å²) < 4.78 is 8.89. The van der Waals surface area contributed by atoms with E-state index in [-0.39, 0.29) is 0 Å². The standard InChI is InChI=1S/C57H34N4O/c1-3-14-35(15-4-1)55-58-56(38-27-30-46-45-22-11-12-24-50(45)61(51(46)34-38)39-16-5-2-6-17-39)60-57(59-55)47-23-13-25-53-54(47)49-33-37(28-31-52(49)62-53)36-26-29-44-42-20-8-7-18-40(42)41-19-9-10-21-43(41)48(44)32-36/h1-34H.